The Labute approximate surface area is 133 Å². The summed E-state index contributed by atoms with van der Waals surface area (Å²) in [6, 6.07) is 6.37. The summed E-state index contributed by atoms with van der Waals surface area (Å²) in [5.41, 5.74) is -0.0751. The van der Waals surface area contributed by atoms with Gasteiger partial charge in [0.05, 0.1) is 11.1 Å². The second-order valence-electron chi connectivity index (χ2n) is 5.42. The first-order valence-corrected chi connectivity index (χ1v) is 7.50. The van der Waals surface area contributed by atoms with Gasteiger partial charge >= 0.3 is 0 Å². The highest BCUT2D eigenvalue weighted by molar-refractivity contribution is 5.72. The summed E-state index contributed by atoms with van der Waals surface area (Å²) >= 11 is 0. The van der Waals surface area contributed by atoms with Crippen molar-refractivity contribution in [2.45, 2.75) is 33.6 Å². The minimum atomic E-state index is -1.37. The number of halogens is 4. The van der Waals surface area contributed by atoms with Crippen molar-refractivity contribution in [3.05, 3.63) is 64.7 Å². The maximum Gasteiger partial charge on any atom is 0.170 e. The van der Waals surface area contributed by atoms with Crippen LogP contribution >= 0.6 is 0 Å². The van der Waals surface area contributed by atoms with Crippen LogP contribution in [0.2, 0.25) is 0 Å². The number of hydrogen-bond acceptors (Lipinski definition) is 0. The molecule has 23 heavy (non-hydrogen) atoms. The van der Waals surface area contributed by atoms with Crippen LogP contribution in [0, 0.1) is 23.3 Å². The molecule has 0 spiro atoms. The summed E-state index contributed by atoms with van der Waals surface area (Å²) in [4.78, 5) is 0. The molecule has 0 aliphatic rings. The van der Waals surface area contributed by atoms with Crippen molar-refractivity contribution in [2.24, 2.45) is 0 Å². The van der Waals surface area contributed by atoms with Crippen molar-refractivity contribution < 1.29 is 17.6 Å². The Bertz CT molecular complexity index is 714. The van der Waals surface area contributed by atoms with Crippen LogP contribution in [-0.2, 0) is 6.42 Å². The van der Waals surface area contributed by atoms with Gasteiger partial charge in [-0.3, -0.25) is 0 Å². The van der Waals surface area contributed by atoms with E-state index in [4.69, 9.17) is 0 Å². The summed E-state index contributed by atoms with van der Waals surface area (Å²) in [7, 11) is 0. The van der Waals surface area contributed by atoms with E-state index in [0.717, 1.165) is 18.4 Å². The van der Waals surface area contributed by atoms with Gasteiger partial charge in [-0.05, 0) is 37.0 Å². The summed E-state index contributed by atoms with van der Waals surface area (Å²) in [5, 5.41) is 0. The third-order valence-corrected chi connectivity index (χ3v) is 3.87. The normalized spacial score (nSPS) is 11.9. The Hall–Kier alpha value is -2.10. The minimum absolute atomic E-state index is 0.113. The summed E-state index contributed by atoms with van der Waals surface area (Å²) < 4.78 is 57.1. The van der Waals surface area contributed by atoms with E-state index in [1.54, 1.807) is 19.1 Å². The molecule has 2 aromatic carbocycles. The maximum absolute atomic E-state index is 14.3. The van der Waals surface area contributed by atoms with Gasteiger partial charge < -0.3 is 0 Å². The van der Waals surface area contributed by atoms with Crippen molar-refractivity contribution in [3.8, 4) is 11.1 Å². The number of benzene rings is 2. The molecular formula is C19H18F4. The molecule has 0 saturated heterocycles. The topological polar surface area (TPSA) is 0 Å². The van der Waals surface area contributed by atoms with Gasteiger partial charge in [0.1, 0.15) is 0 Å². The molecule has 0 aliphatic carbocycles. The molecule has 0 N–H and O–H groups in total. The van der Waals surface area contributed by atoms with Crippen molar-refractivity contribution in [1.82, 2.24) is 0 Å². The zero-order valence-electron chi connectivity index (χ0n) is 13.3. The molecule has 0 heterocycles. The predicted octanol–water partition coefficient (Wildman–Crippen LogP) is 6.29. The molecule has 0 nitrogen and oxygen atoms in total. The fourth-order valence-corrected chi connectivity index (χ4v) is 2.50. The molecule has 2 aromatic rings. The average Bonchev–Trinajstić information content (AvgIpc) is 2.55. The Kier molecular flexibility index (Phi) is 5.24. The molecule has 4 heteroatoms. The lowest BCUT2D eigenvalue weighted by Crippen LogP contribution is -2.05. The Morgan fingerprint density at radius 3 is 1.87 bits per heavy atom. The van der Waals surface area contributed by atoms with Crippen molar-refractivity contribution in [2.75, 3.05) is 0 Å². The van der Waals surface area contributed by atoms with E-state index in [-0.39, 0.29) is 11.1 Å². The van der Waals surface area contributed by atoms with Crippen LogP contribution in [0.15, 0.2) is 30.3 Å². The highest BCUT2D eigenvalue weighted by Crippen LogP contribution is 2.34. The van der Waals surface area contributed by atoms with E-state index in [2.05, 4.69) is 0 Å². The first-order valence-electron chi connectivity index (χ1n) is 7.50. The molecule has 122 valence electrons. The van der Waals surface area contributed by atoms with Crippen LogP contribution in [-0.4, -0.2) is 0 Å². The summed E-state index contributed by atoms with van der Waals surface area (Å²) in [6.07, 6.45) is 3.16. The number of aryl methyl sites for hydroxylation is 1. The molecule has 0 aromatic heterocycles. The summed E-state index contributed by atoms with van der Waals surface area (Å²) in [6.45, 7) is 4.96. The van der Waals surface area contributed by atoms with E-state index in [1.165, 1.54) is 25.1 Å². The SMILES string of the molecule is CC=C(C)c1c(F)c(F)c(-c2ccc(CCC)cc2)c(F)c1F. The smallest absolute Gasteiger partial charge is 0.170 e. The Morgan fingerprint density at radius 1 is 0.913 bits per heavy atom. The minimum Gasteiger partial charge on any atom is -0.203 e. The summed E-state index contributed by atoms with van der Waals surface area (Å²) in [5.74, 6) is -5.48. The second kappa shape index (κ2) is 6.99. The van der Waals surface area contributed by atoms with Gasteiger partial charge in [0.15, 0.2) is 23.3 Å². The van der Waals surface area contributed by atoms with Crippen LogP contribution in [0.25, 0.3) is 16.7 Å². The van der Waals surface area contributed by atoms with Crippen molar-refractivity contribution >= 4 is 5.57 Å². The van der Waals surface area contributed by atoms with E-state index in [0.29, 0.717) is 0 Å². The van der Waals surface area contributed by atoms with E-state index in [9.17, 15) is 17.6 Å². The van der Waals surface area contributed by atoms with Gasteiger partial charge in [0.25, 0.3) is 0 Å². The zero-order chi connectivity index (χ0) is 17.1. The molecule has 0 saturated carbocycles. The molecular weight excluding hydrogens is 304 g/mol. The molecule has 0 bridgehead atoms. The predicted molar refractivity (Wildman–Crippen MR) is 85.0 cm³/mol. The quantitative estimate of drug-likeness (QED) is 0.458. The third kappa shape index (κ3) is 3.16. The van der Waals surface area contributed by atoms with Gasteiger partial charge in [0, 0.05) is 0 Å². The molecule has 0 amide bonds. The first kappa shape index (κ1) is 17.3. The lowest BCUT2D eigenvalue weighted by molar-refractivity contribution is 0.454. The lowest BCUT2D eigenvalue weighted by Gasteiger charge is -2.13. The number of allylic oxidation sites excluding steroid dienone is 2. The van der Waals surface area contributed by atoms with Gasteiger partial charge in [0.2, 0.25) is 0 Å². The fraction of sp³-hybridized carbons (Fsp3) is 0.263. The number of rotatable bonds is 4. The van der Waals surface area contributed by atoms with Crippen molar-refractivity contribution in [3.63, 3.8) is 0 Å². The molecule has 0 fully saturated rings. The third-order valence-electron chi connectivity index (χ3n) is 3.87. The van der Waals surface area contributed by atoms with Gasteiger partial charge in [-0.2, -0.15) is 0 Å². The van der Waals surface area contributed by atoms with Crippen LogP contribution in [0.4, 0.5) is 17.6 Å². The van der Waals surface area contributed by atoms with Crippen LogP contribution in [0.3, 0.4) is 0 Å². The molecule has 0 unspecified atom stereocenters. The second-order valence-corrected chi connectivity index (χ2v) is 5.42. The highest BCUT2D eigenvalue weighted by atomic mass is 19.2. The van der Waals surface area contributed by atoms with Crippen LogP contribution < -0.4 is 0 Å². The van der Waals surface area contributed by atoms with E-state index < -0.39 is 34.4 Å². The molecule has 2 rings (SSSR count). The monoisotopic (exact) mass is 322 g/mol. The average molecular weight is 322 g/mol. The van der Waals surface area contributed by atoms with Gasteiger partial charge in [-0.25, -0.2) is 17.6 Å². The first-order chi connectivity index (χ1) is 10.9. The molecule has 0 atom stereocenters. The van der Waals surface area contributed by atoms with Crippen LogP contribution in [0.5, 0.6) is 0 Å². The van der Waals surface area contributed by atoms with Crippen LogP contribution in [0.1, 0.15) is 38.3 Å². The standard InChI is InChI=1S/C19H18F4/c1-4-6-12-7-9-13(10-8-12)15-18(22)16(20)14(11(3)5-2)17(21)19(15)23/h5,7-10H,4,6H2,1-3H3. The molecule has 0 aliphatic heterocycles. The zero-order valence-corrected chi connectivity index (χ0v) is 13.3. The lowest BCUT2D eigenvalue weighted by atomic mass is 9.96. The largest absolute Gasteiger partial charge is 0.203 e. The van der Waals surface area contributed by atoms with Gasteiger partial charge in [-0.15, -0.1) is 0 Å². The molecule has 0 radical (unpaired) electrons. The Balaban J connectivity index is 2.64. The number of hydrogen-bond donors (Lipinski definition) is 0. The van der Waals surface area contributed by atoms with Gasteiger partial charge in [-0.1, -0.05) is 43.7 Å². The maximum atomic E-state index is 14.3. The fourth-order valence-electron chi connectivity index (χ4n) is 2.50. The van der Waals surface area contributed by atoms with E-state index >= 15 is 0 Å². The van der Waals surface area contributed by atoms with Crippen molar-refractivity contribution in [1.29, 1.82) is 0 Å². The van der Waals surface area contributed by atoms with E-state index in [1.807, 2.05) is 6.92 Å². The highest BCUT2D eigenvalue weighted by Gasteiger charge is 2.26. The Morgan fingerprint density at radius 2 is 1.43 bits per heavy atom.